The summed E-state index contributed by atoms with van der Waals surface area (Å²) in [6.45, 7) is 5.77. The van der Waals surface area contributed by atoms with Crippen LogP contribution in [-0.4, -0.2) is 44.2 Å². The fraction of sp³-hybridized carbons (Fsp3) is 0.333. The molecule has 1 fully saturated rings. The van der Waals surface area contributed by atoms with E-state index in [9.17, 15) is 9.59 Å². The predicted octanol–water partition coefficient (Wildman–Crippen LogP) is 2.68. The van der Waals surface area contributed by atoms with E-state index in [0.717, 1.165) is 11.1 Å². The van der Waals surface area contributed by atoms with E-state index in [1.165, 1.54) is 0 Å². The van der Waals surface area contributed by atoms with E-state index in [1.807, 2.05) is 32.0 Å². The van der Waals surface area contributed by atoms with Gasteiger partial charge in [-0.15, -0.1) is 0 Å². The monoisotopic (exact) mass is 353 g/mol. The van der Waals surface area contributed by atoms with Crippen LogP contribution in [0.4, 0.5) is 0 Å². The molecule has 0 aliphatic carbocycles. The molecule has 0 saturated carbocycles. The molecule has 0 radical (unpaired) electrons. The number of ketones is 1. The lowest BCUT2D eigenvalue weighted by Gasteiger charge is -2.23. The van der Waals surface area contributed by atoms with Gasteiger partial charge in [-0.2, -0.15) is 0 Å². The minimum Gasteiger partial charge on any atom is -0.376 e. The number of nitrogens with one attached hydrogen (secondary N) is 1. The number of carbonyl (C=O) groups excluding carboxylic acids is 2. The number of rotatable bonds is 5. The van der Waals surface area contributed by atoms with Crippen LogP contribution in [0.2, 0.25) is 0 Å². The maximum atomic E-state index is 13.0. The molecule has 2 aromatic carbocycles. The van der Waals surface area contributed by atoms with E-state index < -0.39 is 0 Å². The molecule has 26 heavy (non-hydrogen) atoms. The van der Waals surface area contributed by atoms with Crippen molar-refractivity contribution in [2.24, 2.45) is 0 Å². The second-order valence-corrected chi connectivity index (χ2v) is 6.47. The Balaban J connectivity index is 1.80. The van der Waals surface area contributed by atoms with Gasteiger partial charge in [-0.25, -0.2) is 0 Å². The fourth-order valence-corrected chi connectivity index (χ4v) is 2.96. The smallest absolute Gasteiger partial charge is 0.252 e. The van der Waals surface area contributed by atoms with Crippen molar-refractivity contribution in [2.45, 2.75) is 20.0 Å². The predicted molar refractivity (Wildman–Crippen MR) is 98.7 cm³/mol. The zero-order valence-electron chi connectivity index (χ0n) is 15.1. The van der Waals surface area contributed by atoms with Crippen LogP contribution in [-0.2, 0) is 9.47 Å². The van der Waals surface area contributed by atoms with E-state index >= 15 is 0 Å². The average Bonchev–Trinajstić information content (AvgIpc) is 2.68. The van der Waals surface area contributed by atoms with Crippen molar-refractivity contribution in [3.63, 3.8) is 0 Å². The highest BCUT2D eigenvalue weighted by atomic mass is 16.6. The number of ether oxygens (including phenoxy) is 2. The van der Waals surface area contributed by atoms with Crippen LogP contribution in [0.3, 0.4) is 0 Å². The standard InChI is InChI=1S/C21H23NO4/c1-14-7-8-15(2)19(11-14)20(23)17-5-3-4-6-18(17)21(24)22-12-16-13-25-9-10-26-16/h3-8,11,16H,9-10,12-13H2,1-2H3,(H,22,24)/t16-/m1/s1. The van der Waals surface area contributed by atoms with Gasteiger partial charge in [0.25, 0.3) is 5.91 Å². The molecule has 2 aromatic rings. The molecule has 5 nitrogen and oxygen atoms in total. The molecule has 1 saturated heterocycles. The van der Waals surface area contributed by atoms with E-state index in [2.05, 4.69) is 5.32 Å². The van der Waals surface area contributed by atoms with Crippen molar-refractivity contribution < 1.29 is 19.1 Å². The zero-order valence-corrected chi connectivity index (χ0v) is 15.1. The number of benzene rings is 2. The molecular weight excluding hydrogens is 330 g/mol. The van der Waals surface area contributed by atoms with Crippen LogP contribution < -0.4 is 5.32 Å². The molecular formula is C21H23NO4. The number of carbonyl (C=O) groups is 2. The minimum absolute atomic E-state index is 0.144. The van der Waals surface area contributed by atoms with Gasteiger partial charge in [0, 0.05) is 17.7 Å². The topological polar surface area (TPSA) is 64.6 Å². The fourth-order valence-electron chi connectivity index (χ4n) is 2.96. The van der Waals surface area contributed by atoms with Gasteiger partial charge >= 0.3 is 0 Å². The number of hydrogen-bond donors (Lipinski definition) is 1. The van der Waals surface area contributed by atoms with Gasteiger partial charge in [0.2, 0.25) is 0 Å². The van der Waals surface area contributed by atoms with E-state index in [1.54, 1.807) is 24.3 Å². The van der Waals surface area contributed by atoms with Crippen molar-refractivity contribution >= 4 is 11.7 Å². The molecule has 1 aliphatic heterocycles. The Morgan fingerprint density at radius 2 is 1.81 bits per heavy atom. The van der Waals surface area contributed by atoms with Gasteiger partial charge < -0.3 is 14.8 Å². The van der Waals surface area contributed by atoms with Gasteiger partial charge in [-0.1, -0.05) is 35.9 Å². The van der Waals surface area contributed by atoms with Crippen LogP contribution in [0.1, 0.15) is 37.4 Å². The summed E-state index contributed by atoms with van der Waals surface area (Å²) in [6, 6.07) is 12.6. The first kappa shape index (κ1) is 18.3. The van der Waals surface area contributed by atoms with Crippen molar-refractivity contribution in [3.8, 4) is 0 Å². The largest absolute Gasteiger partial charge is 0.376 e. The summed E-state index contributed by atoms with van der Waals surface area (Å²) in [7, 11) is 0. The maximum absolute atomic E-state index is 13.0. The summed E-state index contributed by atoms with van der Waals surface area (Å²) >= 11 is 0. The molecule has 3 rings (SSSR count). The SMILES string of the molecule is Cc1ccc(C)c(C(=O)c2ccccc2C(=O)NC[C@@H]2COCCO2)c1. The normalized spacial score (nSPS) is 16.9. The highest BCUT2D eigenvalue weighted by Gasteiger charge is 2.21. The molecule has 0 spiro atoms. The molecule has 1 amide bonds. The third-order valence-electron chi connectivity index (χ3n) is 4.43. The van der Waals surface area contributed by atoms with E-state index in [0.29, 0.717) is 43.1 Å². The average molecular weight is 353 g/mol. The summed E-state index contributed by atoms with van der Waals surface area (Å²) in [6.07, 6.45) is -0.158. The van der Waals surface area contributed by atoms with Crippen LogP contribution in [0.25, 0.3) is 0 Å². The quantitative estimate of drug-likeness (QED) is 0.840. The third kappa shape index (κ3) is 4.18. The number of amides is 1. The highest BCUT2D eigenvalue weighted by Crippen LogP contribution is 2.19. The molecule has 1 atom stereocenters. The van der Waals surface area contributed by atoms with Gasteiger partial charge in [-0.3, -0.25) is 9.59 Å². The summed E-state index contributed by atoms with van der Waals surface area (Å²) < 4.78 is 10.9. The Kier molecular flexibility index (Phi) is 5.81. The van der Waals surface area contributed by atoms with Crippen molar-refractivity contribution in [3.05, 3.63) is 70.3 Å². The Morgan fingerprint density at radius 1 is 1.04 bits per heavy atom. The van der Waals surface area contributed by atoms with E-state index in [-0.39, 0.29) is 17.8 Å². The summed E-state index contributed by atoms with van der Waals surface area (Å²) in [4.78, 5) is 25.7. The van der Waals surface area contributed by atoms with Gasteiger partial charge in [0.15, 0.2) is 5.78 Å². The van der Waals surface area contributed by atoms with Crippen LogP contribution >= 0.6 is 0 Å². The first-order chi connectivity index (χ1) is 12.6. The Bertz CT molecular complexity index is 809. The second-order valence-electron chi connectivity index (χ2n) is 6.47. The molecule has 136 valence electrons. The highest BCUT2D eigenvalue weighted by molar-refractivity contribution is 6.15. The second kappa shape index (κ2) is 8.25. The van der Waals surface area contributed by atoms with E-state index in [4.69, 9.17) is 9.47 Å². The molecule has 1 N–H and O–H groups in total. The van der Waals surface area contributed by atoms with Crippen molar-refractivity contribution in [1.82, 2.24) is 5.32 Å². The van der Waals surface area contributed by atoms with Crippen LogP contribution in [0, 0.1) is 13.8 Å². The zero-order chi connectivity index (χ0) is 18.5. The first-order valence-corrected chi connectivity index (χ1v) is 8.75. The van der Waals surface area contributed by atoms with Crippen LogP contribution in [0.15, 0.2) is 42.5 Å². The summed E-state index contributed by atoms with van der Waals surface area (Å²) in [5.41, 5.74) is 3.29. The third-order valence-corrected chi connectivity index (χ3v) is 4.43. The first-order valence-electron chi connectivity index (χ1n) is 8.75. The number of aryl methyl sites for hydroxylation is 2. The molecule has 1 aliphatic rings. The lowest BCUT2D eigenvalue weighted by atomic mass is 9.94. The Morgan fingerprint density at radius 3 is 2.54 bits per heavy atom. The lowest BCUT2D eigenvalue weighted by Crippen LogP contribution is -2.40. The van der Waals surface area contributed by atoms with Gasteiger partial charge in [-0.05, 0) is 31.5 Å². The molecule has 1 heterocycles. The van der Waals surface area contributed by atoms with Gasteiger partial charge in [0.1, 0.15) is 0 Å². The van der Waals surface area contributed by atoms with Crippen molar-refractivity contribution in [1.29, 1.82) is 0 Å². The van der Waals surface area contributed by atoms with Crippen LogP contribution in [0.5, 0.6) is 0 Å². The molecule has 0 bridgehead atoms. The molecule has 0 unspecified atom stereocenters. The Labute approximate surface area is 153 Å². The minimum atomic E-state index is -0.284. The van der Waals surface area contributed by atoms with Crippen molar-refractivity contribution in [2.75, 3.05) is 26.4 Å². The lowest BCUT2D eigenvalue weighted by molar-refractivity contribution is -0.0855. The number of hydrogen-bond acceptors (Lipinski definition) is 4. The molecule has 0 aromatic heterocycles. The summed E-state index contributed by atoms with van der Waals surface area (Å²) in [5, 5.41) is 2.85. The Hall–Kier alpha value is -2.50. The van der Waals surface area contributed by atoms with Gasteiger partial charge in [0.05, 0.1) is 31.5 Å². The molecule has 5 heteroatoms. The maximum Gasteiger partial charge on any atom is 0.252 e. The summed E-state index contributed by atoms with van der Waals surface area (Å²) in [5.74, 6) is -0.428.